The molecule has 2 unspecified atom stereocenters. The second-order valence-electron chi connectivity index (χ2n) is 4.55. The van der Waals surface area contributed by atoms with Crippen molar-refractivity contribution in [2.45, 2.75) is 38.2 Å². The second kappa shape index (κ2) is 5.28. The summed E-state index contributed by atoms with van der Waals surface area (Å²) in [6.07, 6.45) is 4.52. The molecule has 1 aliphatic carbocycles. The minimum atomic E-state index is -0.253. The highest BCUT2D eigenvalue weighted by molar-refractivity contribution is 9.10. The van der Waals surface area contributed by atoms with Crippen LogP contribution in [0.25, 0.3) is 0 Å². The Morgan fingerprint density at radius 1 is 1.31 bits per heavy atom. The van der Waals surface area contributed by atoms with Gasteiger partial charge in [-0.05, 0) is 42.9 Å². The van der Waals surface area contributed by atoms with E-state index in [0.29, 0.717) is 12.0 Å². The Labute approximate surface area is 104 Å². The first kappa shape index (κ1) is 12.1. The van der Waals surface area contributed by atoms with Gasteiger partial charge in [-0.25, -0.2) is 4.39 Å². The van der Waals surface area contributed by atoms with E-state index in [1.807, 2.05) is 6.07 Å². The zero-order valence-electron chi connectivity index (χ0n) is 9.13. The Morgan fingerprint density at radius 2 is 2.06 bits per heavy atom. The van der Waals surface area contributed by atoms with Crippen LogP contribution in [0.2, 0.25) is 0 Å². The first-order valence-corrected chi connectivity index (χ1v) is 6.58. The summed E-state index contributed by atoms with van der Waals surface area (Å²) in [5.74, 6) is 0.0524. The summed E-state index contributed by atoms with van der Waals surface area (Å²) >= 11 is 3.24. The molecule has 0 saturated heterocycles. The molecule has 3 heteroatoms. The van der Waals surface area contributed by atoms with Crippen LogP contribution in [0, 0.1) is 11.7 Å². The van der Waals surface area contributed by atoms with Crippen molar-refractivity contribution >= 4 is 15.9 Å². The van der Waals surface area contributed by atoms with Crippen molar-refractivity contribution in [3.8, 4) is 0 Å². The van der Waals surface area contributed by atoms with Crippen LogP contribution in [0.5, 0.6) is 0 Å². The molecule has 0 spiro atoms. The van der Waals surface area contributed by atoms with Gasteiger partial charge in [-0.3, -0.25) is 0 Å². The molecule has 1 fully saturated rings. The van der Waals surface area contributed by atoms with Gasteiger partial charge in [0.1, 0.15) is 5.82 Å². The maximum atomic E-state index is 13.6. The summed E-state index contributed by atoms with van der Waals surface area (Å²) in [6.45, 7) is 0. The van der Waals surface area contributed by atoms with Crippen LogP contribution in [0.15, 0.2) is 22.7 Å². The summed E-state index contributed by atoms with van der Waals surface area (Å²) in [5, 5.41) is 9.84. The molecule has 1 aromatic rings. The molecule has 0 aliphatic heterocycles. The largest absolute Gasteiger partial charge is 0.393 e. The highest BCUT2D eigenvalue weighted by Gasteiger charge is 2.23. The average molecular weight is 287 g/mol. The zero-order chi connectivity index (χ0) is 11.5. The molecular formula is C13H16BrFO. The van der Waals surface area contributed by atoms with E-state index in [0.717, 1.165) is 30.2 Å². The van der Waals surface area contributed by atoms with Crippen molar-refractivity contribution in [2.24, 2.45) is 5.92 Å². The quantitative estimate of drug-likeness (QED) is 0.879. The van der Waals surface area contributed by atoms with Crippen molar-refractivity contribution in [1.82, 2.24) is 0 Å². The molecule has 16 heavy (non-hydrogen) atoms. The summed E-state index contributed by atoms with van der Waals surface area (Å²) in [4.78, 5) is 0. The maximum Gasteiger partial charge on any atom is 0.127 e. The lowest BCUT2D eigenvalue weighted by molar-refractivity contribution is 0.0696. The van der Waals surface area contributed by atoms with Gasteiger partial charge in [-0.2, -0.15) is 0 Å². The standard InChI is InChI=1S/C13H16BrFO/c14-11-6-5-9(12(15)8-11)7-10-3-1-2-4-13(10)16/h5-6,8,10,13,16H,1-4,7H2. The molecule has 1 saturated carbocycles. The fraction of sp³-hybridized carbons (Fsp3) is 0.538. The van der Waals surface area contributed by atoms with Crippen LogP contribution in [0.4, 0.5) is 4.39 Å². The Morgan fingerprint density at radius 3 is 2.75 bits per heavy atom. The van der Waals surface area contributed by atoms with E-state index in [4.69, 9.17) is 0 Å². The SMILES string of the molecule is OC1CCCCC1Cc1ccc(Br)cc1F. The van der Waals surface area contributed by atoms with E-state index in [2.05, 4.69) is 15.9 Å². The van der Waals surface area contributed by atoms with Gasteiger partial charge in [0.2, 0.25) is 0 Å². The fourth-order valence-corrected chi connectivity index (χ4v) is 2.73. The van der Waals surface area contributed by atoms with Gasteiger partial charge in [-0.1, -0.05) is 34.8 Å². The van der Waals surface area contributed by atoms with Gasteiger partial charge in [0, 0.05) is 4.47 Å². The molecule has 0 radical (unpaired) electrons. The first-order valence-electron chi connectivity index (χ1n) is 5.79. The zero-order valence-corrected chi connectivity index (χ0v) is 10.7. The van der Waals surface area contributed by atoms with Crippen molar-refractivity contribution in [1.29, 1.82) is 0 Å². The first-order chi connectivity index (χ1) is 7.66. The molecular weight excluding hydrogens is 271 g/mol. The molecule has 1 aliphatic rings. The lowest BCUT2D eigenvalue weighted by Gasteiger charge is -2.27. The van der Waals surface area contributed by atoms with E-state index in [1.165, 1.54) is 6.07 Å². The van der Waals surface area contributed by atoms with Gasteiger partial charge in [0.15, 0.2) is 0 Å². The van der Waals surface area contributed by atoms with Gasteiger partial charge in [0.25, 0.3) is 0 Å². The van der Waals surface area contributed by atoms with Crippen LogP contribution >= 0.6 is 15.9 Å². The van der Waals surface area contributed by atoms with Crippen LogP contribution < -0.4 is 0 Å². The monoisotopic (exact) mass is 286 g/mol. The molecule has 0 bridgehead atoms. The average Bonchev–Trinajstić information content (AvgIpc) is 2.25. The molecule has 2 rings (SSSR count). The Kier molecular flexibility index (Phi) is 3.98. The summed E-state index contributed by atoms with van der Waals surface area (Å²) in [5.41, 5.74) is 0.717. The molecule has 0 heterocycles. The lowest BCUT2D eigenvalue weighted by Crippen LogP contribution is -2.26. The highest BCUT2D eigenvalue weighted by atomic mass is 79.9. The predicted molar refractivity (Wildman–Crippen MR) is 65.8 cm³/mol. The smallest absolute Gasteiger partial charge is 0.127 e. The number of benzene rings is 1. The number of aliphatic hydroxyl groups excluding tert-OH is 1. The van der Waals surface area contributed by atoms with Crippen molar-refractivity contribution in [3.05, 3.63) is 34.1 Å². The Balaban J connectivity index is 2.07. The minimum Gasteiger partial charge on any atom is -0.393 e. The van der Waals surface area contributed by atoms with Crippen molar-refractivity contribution in [3.63, 3.8) is 0 Å². The van der Waals surface area contributed by atoms with Crippen LogP contribution in [0.1, 0.15) is 31.2 Å². The van der Waals surface area contributed by atoms with E-state index in [-0.39, 0.29) is 17.8 Å². The molecule has 0 amide bonds. The Hall–Kier alpha value is -0.410. The van der Waals surface area contributed by atoms with Gasteiger partial charge >= 0.3 is 0 Å². The predicted octanol–water partition coefficient (Wildman–Crippen LogP) is 3.68. The number of hydrogen-bond donors (Lipinski definition) is 1. The van der Waals surface area contributed by atoms with Crippen LogP contribution in [-0.4, -0.2) is 11.2 Å². The van der Waals surface area contributed by atoms with Gasteiger partial charge in [0.05, 0.1) is 6.10 Å². The topological polar surface area (TPSA) is 20.2 Å². The molecule has 2 atom stereocenters. The third-order valence-electron chi connectivity index (χ3n) is 3.37. The normalized spacial score (nSPS) is 25.7. The molecule has 0 aromatic heterocycles. The number of aliphatic hydroxyl groups is 1. The lowest BCUT2D eigenvalue weighted by atomic mass is 9.82. The van der Waals surface area contributed by atoms with E-state index in [9.17, 15) is 9.50 Å². The summed E-state index contributed by atoms with van der Waals surface area (Å²) in [7, 11) is 0. The molecule has 1 nitrogen and oxygen atoms in total. The van der Waals surface area contributed by atoms with Gasteiger partial charge < -0.3 is 5.11 Å². The van der Waals surface area contributed by atoms with Crippen LogP contribution in [-0.2, 0) is 6.42 Å². The van der Waals surface area contributed by atoms with Crippen molar-refractivity contribution in [2.75, 3.05) is 0 Å². The van der Waals surface area contributed by atoms with E-state index in [1.54, 1.807) is 6.07 Å². The minimum absolute atomic E-state index is 0.174. The third-order valence-corrected chi connectivity index (χ3v) is 3.86. The number of rotatable bonds is 2. The van der Waals surface area contributed by atoms with Crippen molar-refractivity contribution < 1.29 is 9.50 Å². The summed E-state index contributed by atoms with van der Waals surface area (Å²) < 4.78 is 14.4. The maximum absolute atomic E-state index is 13.6. The van der Waals surface area contributed by atoms with Gasteiger partial charge in [-0.15, -0.1) is 0 Å². The third kappa shape index (κ3) is 2.83. The highest BCUT2D eigenvalue weighted by Crippen LogP contribution is 2.28. The number of hydrogen-bond acceptors (Lipinski definition) is 1. The van der Waals surface area contributed by atoms with E-state index >= 15 is 0 Å². The Bertz CT molecular complexity index is 367. The fourth-order valence-electron chi connectivity index (χ4n) is 2.40. The van der Waals surface area contributed by atoms with Crippen LogP contribution in [0.3, 0.4) is 0 Å². The summed E-state index contributed by atoms with van der Waals surface area (Å²) in [6, 6.07) is 5.15. The molecule has 1 aromatic carbocycles. The number of halogens is 2. The van der Waals surface area contributed by atoms with E-state index < -0.39 is 0 Å². The molecule has 1 N–H and O–H groups in total. The second-order valence-corrected chi connectivity index (χ2v) is 5.47. The molecule has 88 valence electrons.